The second-order valence-corrected chi connectivity index (χ2v) is 5.70. The van der Waals surface area contributed by atoms with Gasteiger partial charge in [0.15, 0.2) is 0 Å². The minimum absolute atomic E-state index is 0.571. The van der Waals surface area contributed by atoms with Gasteiger partial charge < -0.3 is 0 Å². The Labute approximate surface area is 134 Å². The highest BCUT2D eigenvalue weighted by Crippen LogP contribution is 2.23. The molecule has 3 heteroatoms. The van der Waals surface area contributed by atoms with E-state index in [1.807, 2.05) is 30.3 Å². The molecular weight excluding hydrogens is 301 g/mol. The Kier molecular flexibility index (Phi) is 3.96. The average molecular weight is 315 g/mol. The predicted molar refractivity (Wildman–Crippen MR) is 90.5 cm³/mol. The lowest BCUT2D eigenvalue weighted by Crippen LogP contribution is -2.32. The number of aryl methyl sites for hydroxylation is 1. The van der Waals surface area contributed by atoms with Crippen LogP contribution in [0, 0.1) is 0 Å². The summed E-state index contributed by atoms with van der Waals surface area (Å²) in [6.07, 6.45) is 4.11. The molecule has 1 nitrogen and oxygen atoms in total. The number of halogens is 2. The Bertz CT molecular complexity index is 838. The van der Waals surface area contributed by atoms with Crippen molar-refractivity contribution in [3.8, 4) is 0 Å². The molecule has 0 atom stereocenters. The van der Waals surface area contributed by atoms with Crippen LogP contribution < -0.4 is 4.57 Å². The molecular formula is C18H14Cl2N+. The van der Waals surface area contributed by atoms with Crippen LogP contribution in [-0.2, 0) is 7.05 Å². The monoisotopic (exact) mass is 314 g/mol. The van der Waals surface area contributed by atoms with Crippen LogP contribution in [0.3, 0.4) is 0 Å². The van der Waals surface area contributed by atoms with E-state index in [4.69, 9.17) is 23.2 Å². The van der Waals surface area contributed by atoms with E-state index in [-0.39, 0.29) is 0 Å². The number of fused-ring (bicyclic) bond motifs is 1. The summed E-state index contributed by atoms with van der Waals surface area (Å²) >= 11 is 12.0. The highest BCUT2D eigenvalue weighted by Gasteiger charge is 2.08. The number of aromatic nitrogens is 1. The SMILES string of the molecule is C[n+]1c(/C=C/c2ccc(Cl)c(Cl)c2)ccc2ccccc21. The smallest absolute Gasteiger partial charge is 0.195 e. The molecule has 104 valence electrons. The van der Waals surface area contributed by atoms with Crippen LogP contribution in [0.4, 0.5) is 0 Å². The highest BCUT2D eigenvalue weighted by molar-refractivity contribution is 6.42. The molecule has 0 fully saturated rings. The number of nitrogens with zero attached hydrogens (tertiary/aromatic N) is 1. The van der Waals surface area contributed by atoms with Crippen LogP contribution in [0.15, 0.2) is 54.6 Å². The molecule has 0 unspecified atom stereocenters. The molecule has 1 aromatic heterocycles. The number of hydrogen-bond acceptors (Lipinski definition) is 0. The maximum atomic E-state index is 6.03. The van der Waals surface area contributed by atoms with E-state index < -0.39 is 0 Å². The number of rotatable bonds is 2. The van der Waals surface area contributed by atoms with Gasteiger partial charge in [-0.3, -0.25) is 0 Å². The zero-order valence-electron chi connectivity index (χ0n) is 11.6. The first kappa shape index (κ1) is 14.1. The van der Waals surface area contributed by atoms with Crippen molar-refractivity contribution in [1.82, 2.24) is 0 Å². The third-order valence-electron chi connectivity index (χ3n) is 3.51. The Balaban J connectivity index is 1.99. The zero-order valence-corrected chi connectivity index (χ0v) is 13.1. The molecule has 0 aliphatic heterocycles. The van der Waals surface area contributed by atoms with Gasteiger partial charge in [0.1, 0.15) is 7.05 Å². The first-order chi connectivity index (χ1) is 10.1. The predicted octanol–water partition coefficient (Wildman–Crippen LogP) is 5.14. The fourth-order valence-electron chi connectivity index (χ4n) is 2.32. The van der Waals surface area contributed by atoms with Gasteiger partial charge in [-0.15, -0.1) is 0 Å². The van der Waals surface area contributed by atoms with Gasteiger partial charge in [0.25, 0.3) is 0 Å². The molecule has 0 amide bonds. The maximum Gasteiger partial charge on any atom is 0.212 e. The van der Waals surface area contributed by atoms with Crippen LogP contribution >= 0.6 is 23.2 Å². The van der Waals surface area contributed by atoms with Gasteiger partial charge in [-0.2, -0.15) is 4.57 Å². The zero-order chi connectivity index (χ0) is 14.8. The molecule has 0 saturated carbocycles. The van der Waals surface area contributed by atoms with Crippen molar-refractivity contribution in [2.75, 3.05) is 0 Å². The summed E-state index contributed by atoms with van der Waals surface area (Å²) < 4.78 is 2.17. The van der Waals surface area contributed by atoms with E-state index in [0.29, 0.717) is 10.0 Å². The quantitative estimate of drug-likeness (QED) is 0.576. The van der Waals surface area contributed by atoms with Gasteiger partial charge in [-0.1, -0.05) is 41.4 Å². The third kappa shape index (κ3) is 2.94. The average Bonchev–Trinajstić information content (AvgIpc) is 2.50. The van der Waals surface area contributed by atoms with E-state index in [1.54, 1.807) is 0 Å². The molecule has 0 spiro atoms. The number of para-hydroxylation sites is 1. The van der Waals surface area contributed by atoms with E-state index in [2.05, 4.69) is 48.0 Å². The lowest BCUT2D eigenvalue weighted by molar-refractivity contribution is -0.646. The lowest BCUT2D eigenvalue weighted by atomic mass is 10.1. The normalized spacial score (nSPS) is 11.4. The summed E-state index contributed by atoms with van der Waals surface area (Å²) in [5.41, 5.74) is 3.35. The third-order valence-corrected chi connectivity index (χ3v) is 4.25. The topological polar surface area (TPSA) is 3.88 Å². The Morgan fingerprint density at radius 1 is 0.857 bits per heavy atom. The fourth-order valence-corrected chi connectivity index (χ4v) is 2.63. The van der Waals surface area contributed by atoms with Crippen LogP contribution in [0.1, 0.15) is 11.3 Å². The summed E-state index contributed by atoms with van der Waals surface area (Å²) in [6, 6.07) is 18.2. The number of benzene rings is 2. The minimum atomic E-state index is 0.571. The molecule has 0 bridgehead atoms. The van der Waals surface area contributed by atoms with Crippen molar-refractivity contribution in [2.24, 2.45) is 7.05 Å². The van der Waals surface area contributed by atoms with E-state index in [1.165, 1.54) is 10.9 Å². The number of pyridine rings is 1. The van der Waals surface area contributed by atoms with Gasteiger partial charge >= 0.3 is 0 Å². The van der Waals surface area contributed by atoms with Crippen molar-refractivity contribution in [2.45, 2.75) is 0 Å². The lowest BCUT2D eigenvalue weighted by Gasteiger charge is -2.00. The molecule has 0 saturated heterocycles. The highest BCUT2D eigenvalue weighted by atomic mass is 35.5. The Hall–Kier alpha value is -1.83. The van der Waals surface area contributed by atoms with E-state index >= 15 is 0 Å². The first-order valence-electron chi connectivity index (χ1n) is 6.66. The summed E-state index contributed by atoms with van der Waals surface area (Å²) in [4.78, 5) is 0. The summed E-state index contributed by atoms with van der Waals surface area (Å²) in [5.74, 6) is 0. The van der Waals surface area contributed by atoms with Gasteiger partial charge in [0.2, 0.25) is 11.2 Å². The van der Waals surface area contributed by atoms with Gasteiger partial charge in [0, 0.05) is 23.6 Å². The van der Waals surface area contributed by atoms with E-state index in [9.17, 15) is 0 Å². The van der Waals surface area contributed by atoms with E-state index in [0.717, 1.165) is 11.3 Å². The van der Waals surface area contributed by atoms with Crippen LogP contribution in [-0.4, -0.2) is 0 Å². The van der Waals surface area contributed by atoms with Gasteiger partial charge in [-0.25, -0.2) is 0 Å². The summed E-state index contributed by atoms with van der Waals surface area (Å²) in [5, 5.41) is 2.37. The number of hydrogen-bond donors (Lipinski definition) is 0. The molecule has 3 aromatic rings. The largest absolute Gasteiger partial charge is 0.212 e. The van der Waals surface area contributed by atoms with Crippen molar-refractivity contribution in [3.05, 3.63) is 75.9 Å². The summed E-state index contributed by atoms with van der Waals surface area (Å²) in [7, 11) is 2.07. The molecule has 0 radical (unpaired) electrons. The molecule has 0 aliphatic carbocycles. The molecule has 0 aliphatic rings. The Morgan fingerprint density at radius 2 is 1.67 bits per heavy atom. The van der Waals surface area contributed by atoms with Crippen LogP contribution in [0.2, 0.25) is 10.0 Å². The van der Waals surface area contributed by atoms with Crippen molar-refractivity contribution in [3.63, 3.8) is 0 Å². The van der Waals surface area contributed by atoms with Crippen LogP contribution in [0.5, 0.6) is 0 Å². The fraction of sp³-hybridized carbons (Fsp3) is 0.0556. The summed E-state index contributed by atoms with van der Waals surface area (Å²) in [6.45, 7) is 0. The second-order valence-electron chi connectivity index (χ2n) is 4.88. The van der Waals surface area contributed by atoms with Crippen molar-refractivity contribution in [1.29, 1.82) is 0 Å². The standard InChI is InChI=1S/C18H14Cl2N/c1-21-15(10-8-14-4-2-3-5-18(14)21)9-6-13-7-11-16(19)17(20)12-13/h2-12H,1H3/q+1/b9-6+. The second kappa shape index (κ2) is 5.88. The maximum absolute atomic E-state index is 6.03. The Morgan fingerprint density at radius 3 is 2.48 bits per heavy atom. The molecule has 0 N–H and O–H groups in total. The van der Waals surface area contributed by atoms with Crippen molar-refractivity contribution >= 4 is 46.3 Å². The minimum Gasteiger partial charge on any atom is -0.195 e. The molecule has 1 heterocycles. The molecule has 2 aromatic carbocycles. The van der Waals surface area contributed by atoms with Crippen LogP contribution in [0.25, 0.3) is 23.1 Å². The van der Waals surface area contributed by atoms with Gasteiger partial charge in [-0.05, 0) is 35.9 Å². The van der Waals surface area contributed by atoms with Gasteiger partial charge in [0.05, 0.1) is 10.0 Å². The van der Waals surface area contributed by atoms with Crippen molar-refractivity contribution < 1.29 is 4.57 Å². The molecule has 21 heavy (non-hydrogen) atoms. The molecule has 3 rings (SSSR count). The first-order valence-corrected chi connectivity index (χ1v) is 7.42.